The standard InChI is InChI=1S/C21H16N4O4S2/c1-29-16-5-2-6-17-20(16)23-21(31-17)24(13-14-4-3-11-22-12-14)18(26)9-7-15-8-10-19(30-15)25(27)28/h2-12H,13H2,1H3/b9-7+. The van der Waals surface area contributed by atoms with Crippen LogP contribution in [-0.2, 0) is 11.3 Å². The predicted octanol–water partition coefficient (Wildman–Crippen LogP) is 4.92. The molecule has 0 aliphatic rings. The van der Waals surface area contributed by atoms with Gasteiger partial charge in [-0.05, 0) is 35.9 Å². The minimum Gasteiger partial charge on any atom is -0.494 e. The number of thiophene rings is 1. The lowest BCUT2D eigenvalue weighted by Gasteiger charge is -2.18. The molecule has 1 aromatic carbocycles. The van der Waals surface area contributed by atoms with Crippen LogP contribution in [0.25, 0.3) is 16.3 Å². The van der Waals surface area contributed by atoms with E-state index in [1.165, 1.54) is 23.5 Å². The maximum Gasteiger partial charge on any atom is 0.324 e. The third kappa shape index (κ3) is 4.60. The molecule has 0 aliphatic heterocycles. The van der Waals surface area contributed by atoms with Gasteiger partial charge in [0.2, 0.25) is 0 Å². The van der Waals surface area contributed by atoms with E-state index in [2.05, 4.69) is 9.97 Å². The molecule has 8 nitrogen and oxygen atoms in total. The number of hydrogen-bond acceptors (Lipinski definition) is 8. The minimum atomic E-state index is -0.451. The molecule has 0 atom stereocenters. The average Bonchev–Trinajstić information content (AvgIpc) is 3.43. The van der Waals surface area contributed by atoms with Crippen LogP contribution in [-0.4, -0.2) is 27.9 Å². The number of amides is 1. The van der Waals surface area contributed by atoms with Crippen molar-refractivity contribution in [3.05, 3.63) is 81.5 Å². The Morgan fingerprint density at radius 1 is 1.23 bits per heavy atom. The second kappa shape index (κ2) is 9.02. The predicted molar refractivity (Wildman–Crippen MR) is 122 cm³/mol. The van der Waals surface area contributed by atoms with Gasteiger partial charge in [0.25, 0.3) is 5.91 Å². The van der Waals surface area contributed by atoms with Crippen LogP contribution >= 0.6 is 22.7 Å². The Bertz CT molecular complexity index is 1270. The highest BCUT2D eigenvalue weighted by Gasteiger charge is 2.20. The third-order valence-corrected chi connectivity index (χ3v) is 6.38. The number of carbonyl (C=O) groups excluding carboxylic acids is 1. The smallest absolute Gasteiger partial charge is 0.324 e. The molecular formula is C21H16N4O4S2. The Morgan fingerprint density at radius 3 is 2.81 bits per heavy atom. The number of aromatic nitrogens is 2. The highest BCUT2D eigenvalue weighted by Crippen LogP contribution is 2.35. The number of hydrogen-bond donors (Lipinski definition) is 0. The molecule has 1 amide bonds. The molecule has 0 unspecified atom stereocenters. The number of para-hydroxylation sites is 1. The Labute approximate surface area is 185 Å². The fourth-order valence-electron chi connectivity index (χ4n) is 2.88. The topological polar surface area (TPSA) is 98.5 Å². The first-order valence-electron chi connectivity index (χ1n) is 9.11. The quantitative estimate of drug-likeness (QED) is 0.224. The normalized spacial score (nSPS) is 11.1. The van der Waals surface area contributed by atoms with Gasteiger partial charge in [-0.15, -0.1) is 0 Å². The zero-order valence-corrected chi connectivity index (χ0v) is 17.9. The number of fused-ring (bicyclic) bond motifs is 1. The summed E-state index contributed by atoms with van der Waals surface area (Å²) in [6.07, 6.45) is 6.34. The highest BCUT2D eigenvalue weighted by atomic mass is 32.1. The van der Waals surface area contributed by atoms with Crippen LogP contribution in [0, 0.1) is 10.1 Å². The van der Waals surface area contributed by atoms with E-state index in [0.29, 0.717) is 21.3 Å². The van der Waals surface area contributed by atoms with E-state index >= 15 is 0 Å². The largest absolute Gasteiger partial charge is 0.494 e. The van der Waals surface area contributed by atoms with Crippen molar-refractivity contribution >= 4 is 55.0 Å². The Balaban J connectivity index is 1.67. The first-order chi connectivity index (χ1) is 15.0. The molecule has 0 saturated carbocycles. The lowest BCUT2D eigenvalue weighted by atomic mass is 10.2. The van der Waals surface area contributed by atoms with E-state index in [0.717, 1.165) is 21.6 Å². The SMILES string of the molecule is COc1cccc2sc(N(Cc3cccnc3)C(=O)/C=C/c3ccc([N+](=O)[O-])s3)nc12. The van der Waals surface area contributed by atoms with E-state index in [1.54, 1.807) is 42.6 Å². The summed E-state index contributed by atoms with van der Waals surface area (Å²) < 4.78 is 6.29. The molecule has 0 saturated heterocycles. The second-order valence-corrected chi connectivity index (χ2v) is 8.46. The van der Waals surface area contributed by atoms with E-state index in [-0.39, 0.29) is 17.5 Å². The Hall–Kier alpha value is -3.63. The molecule has 0 spiro atoms. The van der Waals surface area contributed by atoms with Gasteiger partial charge in [-0.2, -0.15) is 0 Å². The van der Waals surface area contributed by atoms with Crippen molar-refractivity contribution in [2.75, 3.05) is 12.0 Å². The van der Waals surface area contributed by atoms with Crippen molar-refractivity contribution in [2.45, 2.75) is 6.54 Å². The molecule has 0 fully saturated rings. The summed E-state index contributed by atoms with van der Waals surface area (Å²) in [5.41, 5.74) is 1.54. The molecule has 0 radical (unpaired) electrons. The first-order valence-corrected chi connectivity index (χ1v) is 10.7. The number of benzene rings is 1. The van der Waals surface area contributed by atoms with Gasteiger partial charge in [0.05, 0.1) is 23.3 Å². The van der Waals surface area contributed by atoms with E-state index in [1.807, 2.05) is 24.3 Å². The summed E-state index contributed by atoms with van der Waals surface area (Å²) in [6.45, 7) is 0.281. The van der Waals surface area contributed by atoms with Crippen LogP contribution in [0.1, 0.15) is 10.4 Å². The van der Waals surface area contributed by atoms with E-state index < -0.39 is 4.92 Å². The third-order valence-electron chi connectivity index (χ3n) is 4.33. The lowest BCUT2D eigenvalue weighted by Crippen LogP contribution is -2.28. The van der Waals surface area contributed by atoms with E-state index in [9.17, 15) is 14.9 Å². The summed E-state index contributed by atoms with van der Waals surface area (Å²) in [4.78, 5) is 34.5. The van der Waals surface area contributed by atoms with Gasteiger partial charge >= 0.3 is 5.00 Å². The van der Waals surface area contributed by atoms with Crippen molar-refractivity contribution in [2.24, 2.45) is 0 Å². The molecule has 3 heterocycles. The minimum absolute atomic E-state index is 0.0255. The molecule has 10 heteroatoms. The zero-order valence-electron chi connectivity index (χ0n) is 16.3. The number of nitro groups is 1. The lowest BCUT2D eigenvalue weighted by molar-refractivity contribution is -0.380. The van der Waals surface area contributed by atoms with Gasteiger partial charge in [0.1, 0.15) is 11.3 Å². The fourth-order valence-corrected chi connectivity index (χ4v) is 4.59. The van der Waals surface area contributed by atoms with Crippen LogP contribution in [0.4, 0.5) is 10.1 Å². The molecule has 4 rings (SSSR count). The summed E-state index contributed by atoms with van der Waals surface area (Å²) in [5.74, 6) is 0.341. The number of methoxy groups -OCH3 is 1. The van der Waals surface area contributed by atoms with Gasteiger partial charge in [0, 0.05) is 29.4 Å². The molecule has 4 aromatic rings. The molecule has 31 heavy (non-hydrogen) atoms. The average molecular weight is 453 g/mol. The van der Waals surface area contributed by atoms with Gasteiger partial charge in [0.15, 0.2) is 5.13 Å². The number of thiazole rings is 1. The Morgan fingerprint density at radius 2 is 2.10 bits per heavy atom. The van der Waals surface area contributed by atoms with Gasteiger partial charge in [-0.3, -0.25) is 24.8 Å². The van der Waals surface area contributed by atoms with Crippen LogP contribution in [0.3, 0.4) is 0 Å². The van der Waals surface area contributed by atoms with Crippen molar-refractivity contribution in [3.8, 4) is 5.75 Å². The maximum absolute atomic E-state index is 13.1. The van der Waals surface area contributed by atoms with Crippen molar-refractivity contribution in [1.82, 2.24) is 9.97 Å². The number of rotatable bonds is 7. The summed E-state index contributed by atoms with van der Waals surface area (Å²) >= 11 is 2.39. The molecule has 0 N–H and O–H groups in total. The fraction of sp³-hybridized carbons (Fsp3) is 0.0952. The molecule has 0 aliphatic carbocycles. The number of nitrogens with zero attached hydrogens (tertiary/aromatic N) is 4. The molecular weight excluding hydrogens is 436 g/mol. The molecule has 0 bridgehead atoms. The van der Waals surface area contributed by atoms with Crippen LogP contribution in [0.2, 0.25) is 0 Å². The summed E-state index contributed by atoms with van der Waals surface area (Å²) in [5, 5.41) is 11.4. The monoisotopic (exact) mass is 452 g/mol. The van der Waals surface area contributed by atoms with Crippen molar-refractivity contribution in [1.29, 1.82) is 0 Å². The maximum atomic E-state index is 13.1. The van der Waals surface area contributed by atoms with Crippen molar-refractivity contribution in [3.63, 3.8) is 0 Å². The van der Waals surface area contributed by atoms with Crippen LogP contribution < -0.4 is 9.64 Å². The number of ether oxygens (including phenoxy) is 1. The van der Waals surface area contributed by atoms with Crippen LogP contribution in [0.15, 0.2) is 60.9 Å². The summed E-state index contributed by atoms with van der Waals surface area (Å²) in [7, 11) is 1.58. The Kier molecular flexibility index (Phi) is 6.01. The second-order valence-electron chi connectivity index (χ2n) is 6.36. The first kappa shape index (κ1) is 20.6. The van der Waals surface area contributed by atoms with E-state index in [4.69, 9.17) is 4.74 Å². The van der Waals surface area contributed by atoms with Gasteiger partial charge < -0.3 is 4.74 Å². The number of anilines is 1. The molecule has 156 valence electrons. The van der Waals surface area contributed by atoms with Gasteiger partial charge in [-0.25, -0.2) is 4.98 Å². The summed E-state index contributed by atoms with van der Waals surface area (Å²) in [6, 6.07) is 12.3. The number of pyridine rings is 1. The van der Waals surface area contributed by atoms with Gasteiger partial charge in [-0.1, -0.05) is 34.8 Å². The number of carbonyl (C=O) groups is 1. The zero-order chi connectivity index (χ0) is 21.8. The van der Waals surface area contributed by atoms with Crippen molar-refractivity contribution < 1.29 is 14.5 Å². The van der Waals surface area contributed by atoms with Crippen LogP contribution in [0.5, 0.6) is 5.75 Å². The molecule has 3 aromatic heterocycles. The highest BCUT2D eigenvalue weighted by molar-refractivity contribution is 7.22.